The first-order valence-corrected chi connectivity index (χ1v) is 6.02. The van der Waals surface area contributed by atoms with Crippen LogP contribution >= 0.6 is 0 Å². The molecular formula is C16H23NiO2. The van der Waals surface area contributed by atoms with Crippen LogP contribution in [0.4, 0.5) is 0 Å². The average molecular weight is 306 g/mol. The second kappa shape index (κ2) is 12.2. The molecule has 0 fully saturated rings. The number of benzene rings is 1. The zero-order valence-corrected chi connectivity index (χ0v) is 12.7. The van der Waals surface area contributed by atoms with Crippen molar-refractivity contribution in [3.05, 3.63) is 56.7 Å². The van der Waals surface area contributed by atoms with E-state index in [4.69, 9.17) is 4.74 Å². The number of esters is 1. The Morgan fingerprint density at radius 1 is 1.37 bits per heavy atom. The van der Waals surface area contributed by atoms with E-state index in [1.54, 1.807) is 0 Å². The van der Waals surface area contributed by atoms with Crippen molar-refractivity contribution in [3.63, 3.8) is 0 Å². The van der Waals surface area contributed by atoms with Gasteiger partial charge in [0, 0.05) is 6.42 Å². The Bertz CT molecular complexity index is 325. The van der Waals surface area contributed by atoms with Crippen molar-refractivity contribution in [2.24, 2.45) is 0 Å². The molecule has 0 aromatic heterocycles. The number of hydrogen-bond acceptors (Lipinski definition) is 2. The molecule has 19 heavy (non-hydrogen) atoms. The molecule has 0 aliphatic rings. The maximum absolute atomic E-state index is 11.4. The second-order valence-corrected chi connectivity index (χ2v) is 4.03. The summed E-state index contributed by atoms with van der Waals surface area (Å²) < 4.78 is 4.74. The molecule has 1 aromatic carbocycles. The van der Waals surface area contributed by atoms with Gasteiger partial charge in [-0.3, -0.25) is 4.79 Å². The van der Waals surface area contributed by atoms with E-state index in [9.17, 15) is 4.79 Å². The van der Waals surface area contributed by atoms with E-state index in [0.29, 0.717) is 6.42 Å². The van der Waals surface area contributed by atoms with E-state index in [2.05, 4.69) is 13.3 Å². The van der Waals surface area contributed by atoms with E-state index in [0.717, 1.165) is 19.3 Å². The Labute approximate surface area is 127 Å². The molecule has 1 unspecified atom stereocenters. The molecule has 0 heterocycles. The van der Waals surface area contributed by atoms with Crippen LogP contribution in [-0.4, -0.2) is 13.1 Å². The topological polar surface area (TPSA) is 26.3 Å². The first-order chi connectivity index (χ1) is 8.27. The summed E-state index contributed by atoms with van der Waals surface area (Å²) in [6.07, 6.45) is 5.58. The Hall–Kier alpha value is -0.816. The van der Waals surface area contributed by atoms with Crippen molar-refractivity contribution in [1.82, 2.24) is 0 Å². The molecule has 109 valence electrons. The summed E-state index contributed by atoms with van der Waals surface area (Å²) in [5.41, 5.74) is 1.17. The molecule has 1 atom stereocenters. The van der Waals surface area contributed by atoms with Crippen LogP contribution in [-0.2, 0) is 26.0 Å². The van der Waals surface area contributed by atoms with Gasteiger partial charge in [-0.1, -0.05) is 35.9 Å². The predicted octanol–water partition coefficient (Wildman–Crippen LogP) is 3.99. The SMILES string of the molecule is [CH2-]CCC[CH-]C(CC(=O)OC)c1ccccc1.[CH3-].[Ni+3]. The summed E-state index contributed by atoms with van der Waals surface area (Å²) in [5.74, 6) is -0.0140. The van der Waals surface area contributed by atoms with Crippen molar-refractivity contribution in [2.75, 3.05) is 7.11 Å². The molecule has 3 heteroatoms. The number of rotatable bonds is 7. The molecule has 1 rings (SSSR count). The average Bonchev–Trinajstić information content (AvgIpc) is 2.38. The molecule has 0 saturated heterocycles. The molecule has 2 nitrogen and oxygen atoms in total. The van der Waals surface area contributed by atoms with Gasteiger partial charge >= 0.3 is 22.5 Å². The third-order valence-electron chi connectivity index (χ3n) is 2.75. The molecule has 0 amide bonds. The van der Waals surface area contributed by atoms with E-state index < -0.39 is 0 Å². The van der Waals surface area contributed by atoms with Crippen LogP contribution in [0.25, 0.3) is 0 Å². The van der Waals surface area contributed by atoms with Gasteiger partial charge in [0.2, 0.25) is 0 Å². The van der Waals surface area contributed by atoms with Crippen molar-refractivity contribution in [2.45, 2.75) is 31.6 Å². The number of methoxy groups -OCH3 is 1. The van der Waals surface area contributed by atoms with Crippen molar-refractivity contribution >= 4 is 5.97 Å². The summed E-state index contributed by atoms with van der Waals surface area (Å²) in [6.45, 7) is 3.82. The van der Waals surface area contributed by atoms with Crippen LogP contribution in [0.15, 0.2) is 30.3 Å². The molecule has 0 bridgehead atoms. The van der Waals surface area contributed by atoms with E-state index in [1.807, 2.05) is 30.3 Å². The molecule has 0 N–H and O–H groups in total. The summed E-state index contributed by atoms with van der Waals surface area (Å²) in [7, 11) is 1.43. The molecule has 0 aliphatic carbocycles. The summed E-state index contributed by atoms with van der Waals surface area (Å²) in [6, 6.07) is 10.1. The van der Waals surface area contributed by atoms with Crippen LogP contribution in [0.3, 0.4) is 0 Å². The minimum atomic E-state index is -0.162. The Balaban J connectivity index is 0. The fourth-order valence-electron chi connectivity index (χ4n) is 1.76. The maximum atomic E-state index is 11.4. The maximum Gasteiger partial charge on any atom is 3.00 e. The standard InChI is InChI=1S/C15H20O2.CH3.Ni/c1-3-4-6-11-14(12-15(16)17-2)13-9-7-5-8-10-13;;/h5,7-11,14H,1,3-4,6,12H2,2H3;1H3;/q-2;-1;+3. The van der Waals surface area contributed by atoms with Gasteiger partial charge in [0.15, 0.2) is 0 Å². The zero-order chi connectivity index (χ0) is 12.5. The molecule has 1 radical (unpaired) electrons. The molecule has 0 saturated carbocycles. The normalized spacial score (nSPS) is 10.8. The monoisotopic (exact) mass is 305 g/mol. The fourth-order valence-corrected chi connectivity index (χ4v) is 1.76. The zero-order valence-electron chi connectivity index (χ0n) is 11.7. The van der Waals surface area contributed by atoms with Gasteiger partial charge in [-0.15, -0.1) is 12.3 Å². The van der Waals surface area contributed by atoms with Gasteiger partial charge in [0.05, 0.1) is 7.11 Å². The van der Waals surface area contributed by atoms with Crippen LogP contribution in [0.5, 0.6) is 0 Å². The first-order valence-electron chi connectivity index (χ1n) is 6.02. The Kier molecular flexibility index (Phi) is 13.2. The number of unbranched alkanes of at least 4 members (excludes halogenated alkanes) is 2. The Morgan fingerprint density at radius 2 is 2.00 bits per heavy atom. The second-order valence-electron chi connectivity index (χ2n) is 4.03. The van der Waals surface area contributed by atoms with Crippen molar-refractivity contribution in [3.8, 4) is 0 Å². The number of ether oxygens (including phenoxy) is 1. The number of carbonyl (C=O) groups is 1. The number of hydrogen-bond donors (Lipinski definition) is 0. The van der Waals surface area contributed by atoms with Crippen LogP contribution in [0.2, 0.25) is 0 Å². The quantitative estimate of drug-likeness (QED) is 0.329. The summed E-state index contributed by atoms with van der Waals surface area (Å²) in [4.78, 5) is 11.4. The van der Waals surface area contributed by atoms with Crippen LogP contribution in [0.1, 0.15) is 37.2 Å². The molecule has 0 spiro atoms. The fraction of sp³-hybridized carbons (Fsp3) is 0.375. The van der Waals surface area contributed by atoms with Gasteiger partial charge in [-0.25, -0.2) is 0 Å². The smallest absolute Gasteiger partial charge is 0.469 e. The van der Waals surface area contributed by atoms with Gasteiger partial charge in [-0.2, -0.15) is 12.8 Å². The van der Waals surface area contributed by atoms with Crippen LogP contribution in [0, 0.1) is 20.8 Å². The minimum absolute atomic E-state index is 0. The summed E-state index contributed by atoms with van der Waals surface area (Å²) >= 11 is 0. The Morgan fingerprint density at radius 3 is 2.53 bits per heavy atom. The van der Waals surface area contributed by atoms with E-state index in [-0.39, 0.29) is 35.8 Å². The minimum Gasteiger partial charge on any atom is -0.469 e. The van der Waals surface area contributed by atoms with Gasteiger partial charge in [0.1, 0.15) is 0 Å². The van der Waals surface area contributed by atoms with Gasteiger partial charge in [0.25, 0.3) is 0 Å². The van der Waals surface area contributed by atoms with E-state index >= 15 is 0 Å². The molecular weight excluding hydrogens is 283 g/mol. The third kappa shape index (κ3) is 8.05. The summed E-state index contributed by atoms with van der Waals surface area (Å²) in [5, 5.41) is 0. The van der Waals surface area contributed by atoms with Crippen molar-refractivity contribution in [1.29, 1.82) is 0 Å². The van der Waals surface area contributed by atoms with Gasteiger partial charge in [-0.05, 0) is 0 Å². The molecule has 1 aromatic rings. The predicted molar refractivity (Wildman–Crippen MR) is 75.7 cm³/mol. The van der Waals surface area contributed by atoms with E-state index in [1.165, 1.54) is 12.7 Å². The molecule has 0 aliphatic heterocycles. The van der Waals surface area contributed by atoms with Crippen LogP contribution < -0.4 is 0 Å². The van der Waals surface area contributed by atoms with Gasteiger partial charge < -0.3 is 25.5 Å². The third-order valence-corrected chi connectivity index (χ3v) is 2.75. The largest absolute Gasteiger partial charge is 3.00 e. The first kappa shape index (κ1) is 20.5. The number of carbonyl (C=O) groups excluding carboxylic acids is 1. The van der Waals surface area contributed by atoms with Crippen molar-refractivity contribution < 1.29 is 26.0 Å².